The average molecular weight is 291 g/mol. The number of hydrogen-bond acceptors (Lipinski definition) is 2. The molecule has 0 atom stereocenters. The number of carbonyl (C=O) groups excluding carboxylic acids is 1. The molecule has 1 aromatic carbocycles. The predicted molar refractivity (Wildman–Crippen MR) is 81.4 cm³/mol. The van der Waals surface area contributed by atoms with Crippen LogP contribution in [0.3, 0.4) is 0 Å². The van der Waals surface area contributed by atoms with Crippen LogP contribution in [-0.4, -0.2) is 24.2 Å². The lowest BCUT2D eigenvalue weighted by atomic mass is 10.0. The van der Waals surface area contributed by atoms with Crippen molar-refractivity contribution in [3.05, 3.63) is 35.1 Å². The number of aliphatic hydroxyl groups excluding tert-OH is 1. The van der Waals surface area contributed by atoms with E-state index in [1.165, 1.54) is 18.2 Å². The molecule has 0 unspecified atom stereocenters. The minimum atomic E-state index is -0.463. The molecule has 0 fully saturated rings. The number of nitrogens with one attached hydrogen (secondary N) is 1. The fraction of sp³-hybridized carbons (Fsp3) is 0.471. The second kappa shape index (κ2) is 9.15. The fourth-order valence-corrected chi connectivity index (χ4v) is 1.94. The van der Waals surface area contributed by atoms with Crippen molar-refractivity contribution in [1.29, 1.82) is 0 Å². The highest BCUT2D eigenvalue weighted by atomic mass is 19.1. The van der Waals surface area contributed by atoms with Crippen LogP contribution in [0.1, 0.15) is 49.0 Å². The van der Waals surface area contributed by atoms with E-state index in [0.717, 1.165) is 12.8 Å². The molecule has 1 amide bonds. The van der Waals surface area contributed by atoms with E-state index < -0.39 is 5.82 Å². The molecule has 0 aliphatic heterocycles. The van der Waals surface area contributed by atoms with Gasteiger partial charge in [0.05, 0.1) is 12.2 Å². The maximum Gasteiger partial charge on any atom is 0.252 e. The Bertz CT molecular complexity index is 527. The Morgan fingerprint density at radius 3 is 2.71 bits per heavy atom. The summed E-state index contributed by atoms with van der Waals surface area (Å²) in [6.45, 7) is 4.69. The second-order valence-corrected chi connectivity index (χ2v) is 4.86. The Kier molecular flexibility index (Phi) is 7.49. The third-order valence-corrected chi connectivity index (χ3v) is 3.39. The molecule has 21 heavy (non-hydrogen) atoms. The van der Waals surface area contributed by atoms with Crippen molar-refractivity contribution in [2.45, 2.75) is 33.1 Å². The summed E-state index contributed by atoms with van der Waals surface area (Å²) in [7, 11) is 0. The maximum atomic E-state index is 13.4. The van der Waals surface area contributed by atoms with Gasteiger partial charge in [-0.15, -0.1) is 0 Å². The summed E-state index contributed by atoms with van der Waals surface area (Å²) in [6.07, 6.45) is 2.30. The summed E-state index contributed by atoms with van der Waals surface area (Å²) >= 11 is 0. The number of rotatable bonds is 6. The van der Waals surface area contributed by atoms with Crippen LogP contribution in [0, 0.1) is 23.6 Å². The lowest BCUT2D eigenvalue weighted by Gasteiger charge is -2.13. The van der Waals surface area contributed by atoms with E-state index in [4.69, 9.17) is 5.11 Å². The molecule has 3 nitrogen and oxygen atoms in total. The molecule has 0 saturated carbocycles. The van der Waals surface area contributed by atoms with Gasteiger partial charge in [0.1, 0.15) is 5.82 Å². The first-order chi connectivity index (χ1) is 10.1. The highest BCUT2D eigenvalue weighted by Gasteiger charge is 2.13. The lowest BCUT2D eigenvalue weighted by Crippen LogP contribution is -2.29. The summed E-state index contributed by atoms with van der Waals surface area (Å²) in [5.74, 6) is 5.20. The van der Waals surface area contributed by atoms with Gasteiger partial charge >= 0.3 is 0 Å². The highest BCUT2D eigenvalue weighted by molar-refractivity contribution is 5.96. The monoisotopic (exact) mass is 291 g/mol. The standard InChI is InChI=1S/C17H22FNO2/c1-3-13(4-2)12-19-17(21)16-11-15(18)9-8-14(16)7-5-6-10-20/h8-9,11,13,20H,3-4,6,10,12H2,1-2H3,(H,19,21). The molecule has 0 bridgehead atoms. The Hall–Kier alpha value is -1.86. The fourth-order valence-electron chi connectivity index (χ4n) is 1.94. The number of benzene rings is 1. The molecule has 0 aliphatic carbocycles. The summed E-state index contributed by atoms with van der Waals surface area (Å²) in [5, 5.41) is 11.6. The molecule has 4 heteroatoms. The van der Waals surface area contributed by atoms with Crippen molar-refractivity contribution in [2.24, 2.45) is 5.92 Å². The molecule has 1 aromatic rings. The summed E-state index contributed by atoms with van der Waals surface area (Å²) in [5.41, 5.74) is 0.721. The lowest BCUT2D eigenvalue weighted by molar-refractivity contribution is 0.0945. The SMILES string of the molecule is CCC(CC)CNC(=O)c1cc(F)ccc1C#CCCO. The third kappa shape index (κ3) is 5.57. The van der Waals surface area contributed by atoms with Crippen LogP contribution in [0.2, 0.25) is 0 Å². The number of amides is 1. The number of halogens is 1. The Morgan fingerprint density at radius 1 is 1.38 bits per heavy atom. The molecule has 114 valence electrons. The largest absolute Gasteiger partial charge is 0.395 e. The molecule has 0 spiro atoms. The van der Waals surface area contributed by atoms with E-state index in [0.29, 0.717) is 24.4 Å². The van der Waals surface area contributed by atoms with E-state index in [2.05, 4.69) is 31.0 Å². The van der Waals surface area contributed by atoms with Crippen molar-refractivity contribution in [3.63, 3.8) is 0 Å². The Morgan fingerprint density at radius 2 is 2.10 bits per heavy atom. The summed E-state index contributed by atoms with van der Waals surface area (Å²) in [4.78, 5) is 12.2. The molecule has 1 rings (SSSR count). The Balaban J connectivity index is 2.87. The van der Waals surface area contributed by atoms with Gasteiger partial charge in [-0.25, -0.2) is 4.39 Å². The summed E-state index contributed by atoms with van der Waals surface area (Å²) < 4.78 is 13.4. The van der Waals surface area contributed by atoms with Crippen molar-refractivity contribution >= 4 is 5.91 Å². The number of hydrogen-bond donors (Lipinski definition) is 2. The van der Waals surface area contributed by atoms with Gasteiger partial charge < -0.3 is 10.4 Å². The zero-order chi connectivity index (χ0) is 15.7. The van der Waals surface area contributed by atoms with E-state index >= 15 is 0 Å². The van der Waals surface area contributed by atoms with Crippen LogP contribution < -0.4 is 5.32 Å². The van der Waals surface area contributed by atoms with Gasteiger partial charge in [0.25, 0.3) is 5.91 Å². The third-order valence-electron chi connectivity index (χ3n) is 3.39. The van der Waals surface area contributed by atoms with Crippen molar-refractivity contribution < 1.29 is 14.3 Å². The minimum absolute atomic E-state index is 0.0373. The van der Waals surface area contributed by atoms with Crippen molar-refractivity contribution in [3.8, 4) is 11.8 Å². The quantitative estimate of drug-likeness (QED) is 0.792. The summed E-state index contributed by atoms with van der Waals surface area (Å²) in [6, 6.07) is 3.97. The van der Waals surface area contributed by atoms with Gasteiger partial charge in [-0.2, -0.15) is 0 Å². The average Bonchev–Trinajstić information content (AvgIpc) is 2.49. The van der Waals surface area contributed by atoms with Gasteiger partial charge in [-0.3, -0.25) is 4.79 Å². The normalized spacial score (nSPS) is 10.1. The molecule has 2 N–H and O–H groups in total. The smallest absolute Gasteiger partial charge is 0.252 e. The predicted octanol–water partition coefficient (Wildman–Crippen LogP) is 2.73. The van der Waals surface area contributed by atoms with Crippen LogP contribution in [-0.2, 0) is 0 Å². The van der Waals surface area contributed by atoms with Crippen LogP contribution in [0.15, 0.2) is 18.2 Å². The van der Waals surface area contributed by atoms with Gasteiger partial charge in [-0.05, 0) is 24.1 Å². The first-order valence-corrected chi connectivity index (χ1v) is 7.29. The van der Waals surface area contributed by atoms with Crippen LogP contribution >= 0.6 is 0 Å². The maximum absolute atomic E-state index is 13.4. The highest BCUT2D eigenvalue weighted by Crippen LogP contribution is 2.12. The molecule has 0 radical (unpaired) electrons. The number of aliphatic hydroxyl groups is 1. The Labute approximate surface area is 125 Å². The van der Waals surface area contributed by atoms with Gasteiger partial charge in [-0.1, -0.05) is 38.5 Å². The number of carbonyl (C=O) groups is 1. The van der Waals surface area contributed by atoms with Gasteiger partial charge in [0, 0.05) is 18.5 Å². The molecular weight excluding hydrogens is 269 g/mol. The van der Waals surface area contributed by atoms with Crippen LogP contribution in [0.25, 0.3) is 0 Å². The zero-order valence-corrected chi connectivity index (χ0v) is 12.6. The van der Waals surface area contributed by atoms with Gasteiger partial charge in [0.15, 0.2) is 0 Å². The second-order valence-electron chi connectivity index (χ2n) is 4.86. The molecular formula is C17H22FNO2. The minimum Gasteiger partial charge on any atom is -0.395 e. The molecule has 0 aromatic heterocycles. The van der Waals surface area contributed by atoms with Gasteiger partial charge in [0.2, 0.25) is 0 Å². The van der Waals surface area contributed by atoms with E-state index in [1.807, 2.05) is 0 Å². The zero-order valence-electron chi connectivity index (χ0n) is 12.6. The molecule has 0 saturated heterocycles. The van der Waals surface area contributed by atoms with Crippen LogP contribution in [0.4, 0.5) is 4.39 Å². The molecule has 0 aliphatic rings. The van der Waals surface area contributed by atoms with E-state index in [1.54, 1.807) is 0 Å². The van der Waals surface area contributed by atoms with E-state index in [9.17, 15) is 9.18 Å². The first-order valence-electron chi connectivity index (χ1n) is 7.29. The topological polar surface area (TPSA) is 49.3 Å². The first kappa shape index (κ1) is 17.2. The van der Waals surface area contributed by atoms with Crippen molar-refractivity contribution in [2.75, 3.05) is 13.2 Å². The van der Waals surface area contributed by atoms with Crippen molar-refractivity contribution in [1.82, 2.24) is 5.32 Å². The van der Waals surface area contributed by atoms with Crippen LogP contribution in [0.5, 0.6) is 0 Å². The van der Waals surface area contributed by atoms with E-state index in [-0.39, 0.29) is 18.1 Å². The molecule has 0 heterocycles.